The van der Waals surface area contributed by atoms with Crippen molar-refractivity contribution < 1.29 is 28.3 Å². The number of benzene rings is 1. The number of thiophene rings is 1. The van der Waals surface area contributed by atoms with Gasteiger partial charge in [-0.05, 0) is 18.4 Å². The molecule has 3 aromatic rings. The Morgan fingerprint density at radius 3 is 2.82 bits per heavy atom. The number of carbonyl (C=O) groups excluding carboxylic acids is 1. The van der Waals surface area contributed by atoms with Gasteiger partial charge >= 0.3 is 5.97 Å². The van der Waals surface area contributed by atoms with E-state index in [1.54, 1.807) is 6.92 Å². The molecule has 3 rings (SSSR count). The number of rotatable bonds is 8. The highest BCUT2D eigenvalue weighted by molar-refractivity contribution is 7.13. The van der Waals surface area contributed by atoms with Crippen LogP contribution >= 0.6 is 11.3 Å². The van der Waals surface area contributed by atoms with Gasteiger partial charge in [-0.2, -0.15) is 0 Å². The summed E-state index contributed by atoms with van der Waals surface area (Å²) in [5.41, 5.74) is -0.293. The van der Waals surface area contributed by atoms with Crippen LogP contribution in [0.15, 0.2) is 40.3 Å². The molecule has 28 heavy (non-hydrogen) atoms. The average Bonchev–Trinajstić information content (AvgIpc) is 3.37. The Bertz CT molecular complexity index is 982. The summed E-state index contributed by atoms with van der Waals surface area (Å²) in [4.78, 5) is 28.2. The summed E-state index contributed by atoms with van der Waals surface area (Å²) in [6.07, 6.45) is 1.37. The van der Waals surface area contributed by atoms with E-state index in [0.29, 0.717) is 18.2 Å². The maximum absolute atomic E-state index is 12.5. The van der Waals surface area contributed by atoms with E-state index >= 15 is 0 Å². The monoisotopic (exact) mass is 404 g/mol. The summed E-state index contributed by atoms with van der Waals surface area (Å²) < 4.78 is 21.0. The van der Waals surface area contributed by atoms with Crippen molar-refractivity contribution >= 4 is 23.0 Å². The first-order chi connectivity index (χ1) is 13.5. The Balaban J connectivity index is 1.79. The second-order valence-electron chi connectivity index (χ2n) is 5.41. The van der Waals surface area contributed by atoms with Gasteiger partial charge in [0.05, 0.1) is 29.6 Å². The highest BCUT2D eigenvalue weighted by atomic mass is 32.1. The van der Waals surface area contributed by atoms with Gasteiger partial charge < -0.3 is 18.6 Å². The van der Waals surface area contributed by atoms with Crippen molar-refractivity contribution in [3.8, 4) is 22.3 Å². The lowest BCUT2D eigenvalue weighted by Crippen LogP contribution is -2.10. The highest BCUT2D eigenvalue weighted by Crippen LogP contribution is 2.35. The molecule has 0 saturated heterocycles. The summed E-state index contributed by atoms with van der Waals surface area (Å²) in [6, 6.07) is 6.08. The van der Waals surface area contributed by atoms with Crippen molar-refractivity contribution in [3.63, 3.8) is 0 Å². The molecule has 0 aliphatic rings. The van der Waals surface area contributed by atoms with Gasteiger partial charge in [-0.1, -0.05) is 6.07 Å². The van der Waals surface area contributed by atoms with Crippen LogP contribution in [0.2, 0.25) is 0 Å². The fourth-order valence-electron chi connectivity index (χ4n) is 2.40. The van der Waals surface area contributed by atoms with Crippen LogP contribution in [0.4, 0.5) is 5.69 Å². The number of oxazole rings is 1. The normalized spacial score (nSPS) is 10.5. The molecule has 2 aromatic heterocycles. The van der Waals surface area contributed by atoms with Crippen molar-refractivity contribution in [1.29, 1.82) is 0 Å². The highest BCUT2D eigenvalue weighted by Gasteiger charge is 2.26. The third kappa shape index (κ3) is 4.12. The van der Waals surface area contributed by atoms with Crippen LogP contribution in [0.5, 0.6) is 11.5 Å². The molecule has 0 aliphatic heterocycles. The largest absolute Gasteiger partial charge is 0.493 e. The lowest BCUT2D eigenvalue weighted by atomic mass is 10.1. The Morgan fingerprint density at radius 2 is 2.18 bits per heavy atom. The molecule has 0 fully saturated rings. The predicted molar refractivity (Wildman–Crippen MR) is 99.8 cm³/mol. The Kier molecular flexibility index (Phi) is 5.90. The van der Waals surface area contributed by atoms with Crippen molar-refractivity contribution in [3.05, 3.63) is 57.3 Å². The molecular weight excluding hydrogens is 388 g/mol. The van der Waals surface area contributed by atoms with Crippen LogP contribution in [-0.4, -0.2) is 29.6 Å². The smallest absolute Gasteiger partial charge is 0.345 e. The average molecular weight is 404 g/mol. The van der Waals surface area contributed by atoms with Gasteiger partial charge in [-0.15, -0.1) is 11.3 Å². The predicted octanol–water partition coefficient (Wildman–Crippen LogP) is 4.08. The molecule has 0 spiro atoms. The molecule has 0 N–H and O–H groups in total. The molecule has 1 aromatic carbocycles. The molecule has 0 aliphatic carbocycles. The number of nitrogens with zero attached hydrogens (tertiary/aromatic N) is 2. The number of methoxy groups -OCH3 is 1. The third-order valence-corrected chi connectivity index (χ3v) is 4.49. The number of nitro groups is 1. The molecular formula is C18H16N2O7S. The zero-order chi connectivity index (χ0) is 20.1. The van der Waals surface area contributed by atoms with Gasteiger partial charge in [0, 0.05) is 6.07 Å². The van der Waals surface area contributed by atoms with E-state index in [2.05, 4.69) is 4.98 Å². The molecule has 10 heteroatoms. The molecule has 0 saturated carbocycles. The van der Waals surface area contributed by atoms with E-state index in [4.69, 9.17) is 18.6 Å². The summed E-state index contributed by atoms with van der Waals surface area (Å²) in [6.45, 7) is 1.85. The standard InChI is InChI=1S/C18H16N2O7S/c1-3-25-15-7-12(13(20(22)23)8-14(15)24-2)18(21)27-10-11-9-26-17(19-11)16-5-4-6-28-16/h4-9H,3,10H2,1-2H3. The van der Waals surface area contributed by atoms with Crippen molar-refractivity contribution in [2.75, 3.05) is 13.7 Å². The minimum absolute atomic E-state index is 0.155. The lowest BCUT2D eigenvalue weighted by Gasteiger charge is -2.11. The maximum atomic E-state index is 12.5. The van der Waals surface area contributed by atoms with Crippen molar-refractivity contribution in [1.82, 2.24) is 4.98 Å². The van der Waals surface area contributed by atoms with Crippen LogP contribution in [-0.2, 0) is 11.3 Å². The molecule has 0 radical (unpaired) electrons. The van der Waals surface area contributed by atoms with Gasteiger partial charge in [0.15, 0.2) is 11.5 Å². The first-order valence-corrected chi connectivity index (χ1v) is 9.06. The van der Waals surface area contributed by atoms with Gasteiger partial charge in [-0.3, -0.25) is 10.1 Å². The van der Waals surface area contributed by atoms with Crippen LogP contribution in [0.1, 0.15) is 23.0 Å². The number of hydrogen-bond donors (Lipinski definition) is 0. The molecule has 9 nitrogen and oxygen atoms in total. The number of esters is 1. The third-order valence-electron chi connectivity index (χ3n) is 3.63. The van der Waals surface area contributed by atoms with Crippen molar-refractivity contribution in [2.24, 2.45) is 0 Å². The number of carbonyl (C=O) groups is 1. The maximum Gasteiger partial charge on any atom is 0.345 e. The van der Waals surface area contributed by atoms with Crippen LogP contribution in [0, 0.1) is 10.1 Å². The number of ether oxygens (including phenoxy) is 3. The fourth-order valence-corrected chi connectivity index (χ4v) is 3.05. The van der Waals surface area contributed by atoms with E-state index in [9.17, 15) is 14.9 Å². The van der Waals surface area contributed by atoms with E-state index in [-0.39, 0.29) is 23.7 Å². The first-order valence-electron chi connectivity index (χ1n) is 8.18. The zero-order valence-electron chi connectivity index (χ0n) is 15.0. The summed E-state index contributed by atoms with van der Waals surface area (Å²) in [5.74, 6) is -0.0998. The summed E-state index contributed by atoms with van der Waals surface area (Å²) in [5, 5.41) is 13.2. The number of hydrogen-bond acceptors (Lipinski definition) is 9. The van der Waals surface area contributed by atoms with Crippen LogP contribution in [0.25, 0.3) is 10.8 Å². The van der Waals surface area contributed by atoms with Gasteiger partial charge in [0.2, 0.25) is 5.89 Å². The van der Waals surface area contributed by atoms with Crippen molar-refractivity contribution in [2.45, 2.75) is 13.5 Å². The molecule has 146 valence electrons. The molecule has 2 heterocycles. The fraction of sp³-hybridized carbons (Fsp3) is 0.222. The van der Waals surface area contributed by atoms with E-state index in [0.717, 1.165) is 10.9 Å². The molecule has 0 amide bonds. The number of aromatic nitrogens is 1. The minimum Gasteiger partial charge on any atom is -0.493 e. The first kappa shape index (κ1) is 19.4. The Morgan fingerprint density at radius 1 is 1.36 bits per heavy atom. The van der Waals surface area contributed by atoms with Gasteiger partial charge in [-0.25, -0.2) is 9.78 Å². The van der Waals surface area contributed by atoms with Crippen LogP contribution < -0.4 is 9.47 Å². The second-order valence-corrected chi connectivity index (χ2v) is 6.36. The van der Waals surface area contributed by atoms with Gasteiger partial charge in [0.1, 0.15) is 24.1 Å². The zero-order valence-corrected chi connectivity index (χ0v) is 15.9. The van der Waals surface area contributed by atoms with E-state index in [1.807, 2.05) is 17.5 Å². The van der Waals surface area contributed by atoms with E-state index in [1.165, 1.54) is 30.8 Å². The van der Waals surface area contributed by atoms with Crippen LogP contribution in [0.3, 0.4) is 0 Å². The molecule has 0 unspecified atom stereocenters. The lowest BCUT2D eigenvalue weighted by molar-refractivity contribution is -0.385. The van der Waals surface area contributed by atoms with Gasteiger partial charge in [0.25, 0.3) is 5.69 Å². The topological polar surface area (TPSA) is 114 Å². The summed E-state index contributed by atoms with van der Waals surface area (Å²) in [7, 11) is 1.36. The summed E-state index contributed by atoms with van der Waals surface area (Å²) >= 11 is 1.46. The quantitative estimate of drug-likeness (QED) is 0.313. The SMILES string of the molecule is CCOc1cc(C(=O)OCc2coc(-c3cccs3)n2)c([N+](=O)[O-])cc1OC. The number of nitro benzene ring substituents is 1. The minimum atomic E-state index is -0.879. The van der Waals surface area contributed by atoms with E-state index < -0.39 is 16.6 Å². The Hall–Kier alpha value is -3.40. The Labute approximate surface area is 163 Å². The molecule has 0 atom stereocenters. The second kappa shape index (κ2) is 8.53. The molecule has 0 bridgehead atoms.